The largest absolute Gasteiger partial charge is 0.396 e. The number of aryl methyl sites for hydroxylation is 1. The van der Waals surface area contributed by atoms with E-state index in [2.05, 4.69) is 58.7 Å². The number of H-pyrrole nitrogens is 1. The number of hydrogen-bond donors (Lipinski definition) is 4. The molecule has 1 heterocycles. The highest BCUT2D eigenvalue weighted by Gasteiger charge is 2.08. The van der Waals surface area contributed by atoms with Crippen molar-refractivity contribution in [2.75, 3.05) is 26.2 Å². The standard InChI is InChI=1S/C18H28N4O/c1-4-19-18(21-11-13(2)12-23)20-10-9-15-14(3)22-17-8-6-5-7-16(15)17/h5-8,13,22-23H,4,9-12H2,1-3H3,(H2,19,20,21). The number of para-hydroxylation sites is 1. The molecule has 0 bridgehead atoms. The van der Waals surface area contributed by atoms with Crippen molar-refractivity contribution in [2.24, 2.45) is 10.9 Å². The number of hydrogen-bond acceptors (Lipinski definition) is 2. The molecule has 1 unspecified atom stereocenters. The van der Waals surface area contributed by atoms with E-state index in [1.54, 1.807) is 0 Å². The number of aliphatic imine (C=N–C) groups is 1. The van der Waals surface area contributed by atoms with Gasteiger partial charge in [0.05, 0.1) is 0 Å². The van der Waals surface area contributed by atoms with Gasteiger partial charge in [-0.15, -0.1) is 0 Å². The average molecular weight is 316 g/mol. The van der Waals surface area contributed by atoms with Crippen LogP contribution >= 0.6 is 0 Å². The molecule has 5 nitrogen and oxygen atoms in total. The Kier molecular flexibility index (Phi) is 6.47. The molecule has 0 radical (unpaired) electrons. The van der Waals surface area contributed by atoms with Gasteiger partial charge in [0.15, 0.2) is 5.96 Å². The number of aromatic nitrogens is 1. The van der Waals surface area contributed by atoms with Crippen molar-refractivity contribution >= 4 is 16.9 Å². The van der Waals surface area contributed by atoms with Crippen molar-refractivity contribution in [3.63, 3.8) is 0 Å². The van der Waals surface area contributed by atoms with Crippen LogP contribution in [0.25, 0.3) is 10.9 Å². The van der Waals surface area contributed by atoms with Crippen LogP contribution in [0.5, 0.6) is 0 Å². The maximum absolute atomic E-state index is 9.10. The summed E-state index contributed by atoms with van der Waals surface area (Å²) < 4.78 is 0. The van der Waals surface area contributed by atoms with Crippen molar-refractivity contribution < 1.29 is 5.11 Å². The minimum atomic E-state index is 0.164. The maximum Gasteiger partial charge on any atom is 0.191 e. The topological polar surface area (TPSA) is 72.4 Å². The highest BCUT2D eigenvalue weighted by molar-refractivity contribution is 5.84. The summed E-state index contributed by atoms with van der Waals surface area (Å²) in [7, 11) is 0. The number of fused-ring (bicyclic) bond motifs is 1. The van der Waals surface area contributed by atoms with Crippen LogP contribution in [-0.4, -0.2) is 42.3 Å². The molecule has 1 aromatic heterocycles. The molecule has 1 atom stereocenters. The first-order valence-electron chi connectivity index (χ1n) is 8.35. The Morgan fingerprint density at radius 3 is 2.83 bits per heavy atom. The molecule has 23 heavy (non-hydrogen) atoms. The van der Waals surface area contributed by atoms with Gasteiger partial charge in [-0.05, 0) is 37.8 Å². The second kappa shape index (κ2) is 8.58. The van der Waals surface area contributed by atoms with E-state index in [0.29, 0.717) is 6.54 Å². The molecule has 0 spiro atoms. The van der Waals surface area contributed by atoms with Gasteiger partial charge in [0, 0.05) is 42.8 Å². The molecule has 0 aliphatic rings. The highest BCUT2D eigenvalue weighted by Crippen LogP contribution is 2.21. The van der Waals surface area contributed by atoms with Crippen LogP contribution < -0.4 is 10.6 Å². The Balaban J connectivity index is 1.97. The molecule has 0 saturated carbocycles. The van der Waals surface area contributed by atoms with E-state index in [4.69, 9.17) is 5.11 Å². The molecular weight excluding hydrogens is 288 g/mol. The first kappa shape index (κ1) is 17.3. The molecule has 5 heteroatoms. The number of guanidine groups is 1. The van der Waals surface area contributed by atoms with E-state index < -0.39 is 0 Å². The number of nitrogens with zero attached hydrogens (tertiary/aromatic N) is 1. The lowest BCUT2D eigenvalue weighted by molar-refractivity contribution is 0.241. The van der Waals surface area contributed by atoms with E-state index in [1.807, 2.05) is 6.92 Å². The van der Waals surface area contributed by atoms with E-state index in [9.17, 15) is 0 Å². The number of aliphatic hydroxyl groups is 1. The zero-order valence-electron chi connectivity index (χ0n) is 14.3. The first-order chi connectivity index (χ1) is 11.2. The second-order valence-corrected chi connectivity index (χ2v) is 5.96. The van der Waals surface area contributed by atoms with Gasteiger partial charge in [0.2, 0.25) is 0 Å². The van der Waals surface area contributed by atoms with Gasteiger partial charge >= 0.3 is 0 Å². The van der Waals surface area contributed by atoms with Crippen LogP contribution in [0.1, 0.15) is 25.1 Å². The van der Waals surface area contributed by atoms with E-state index >= 15 is 0 Å². The van der Waals surface area contributed by atoms with E-state index in [0.717, 1.165) is 25.5 Å². The Bertz CT molecular complexity index is 648. The van der Waals surface area contributed by atoms with Gasteiger partial charge in [-0.1, -0.05) is 25.1 Å². The zero-order valence-corrected chi connectivity index (χ0v) is 14.3. The van der Waals surface area contributed by atoms with Crippen LogP contribution in [0.15, 0.2) is 29.3 Å². The third kappa shape index (κ3) is 4.73. The fourth-order valence-corrected chi connectivity index (χ4v) is 2.61. The summed E-state index contributed by atoms with van der Waals surface area (Å²) in [6, 6.07) is 8.41. The summed E-state index contributed by atoms with van der Waals surface area (Å²) in [4.78, 5) is 7.95. The van der Waals surface area contributed by atoms with Crippen LogP contribution in [0.2, 0.25) is 0 Å². The van der Waals surface area contributed by atoms with Crippen LogP contribution in [0, 0.1) is 12.8 Å². The highest BCUT2D eigenvalue weighted by atomic mass is 16.3. The lowest BCUT2D eigenvalue weighted by atomic mass is 10.1. The summed E-state index contributed by atoms with van der Waals surface area (Å²) in [5, 5.41) is 17.0. The first-order valence-corrected chi connectivity index (χ1v) is 8.35. The Morgan fingerprint density at radius 1 is 1.30 bits per heavy atom. The van der Waals surface area contributed by atoms with Gasteiger partial charge in [-0.25, -0.2) is 0 Å². The van der Waals surface area contributed by atoms with Gasteiger partial charge in [0.1, 0.15) is 0 Å². The van der Waals surface area contributed by atoms with E-state index in [-0.39, 0.29) is 12.5 Å². The lowest BCUT2D eigenvalue weighted by Gasteiger charge is -2.12. The van der Waals surface area contributed by atoms with Gasteiger partial charge in [-0.3, -0.25) is 4.99 Å². The minimum absolute atomic E-state index is 0.164. The predicted octanol–water partition coefficient (Wildman–Crippen LogP) is 2.20. The Labute approximate surface area is 138 Å². The van der Waals surface area contributed by atoms with Gasteiger partial charge in [0.25, 0.3) is 0 Å². The normalized spacial score (nSPS) is 13.3. The number of rotatable bonds is 7. The molecule has 1 aromatic carbocycles. The summed E-state index contributed by atoms with van der Waals surface area (Å²) in [5.74, 6) is 0.992. The Hall–Kier alpha value is -2.01. The molecule has 4 N–H and O–H groups in total. The molecule has 2 aromatic rings. The average Bonchev–Trinajstić information content (AvgIpc) is 2.88. The monoisotopic (exact) mass is 316 g/mol. The molecular formula is C18H28N4O. The fourth-order valence-electron chi connectivity index (χ4n) is 2.61. The third-order valence-electron chi connectivity index (χ3n) is 3.91. The second-order valence-electron chi connectivity index (χ2n) is 5.96. The summed E-state index contributed by atoms with van der Waals surface area (Å²) >= 11 is 0. The van der Waals surface area contributed by atoms with Crippen molar-refractivity contribution in [3.8, 4) is 0 Å². The van der Waals surface area contributed by atoms with Gasteiger partial charge < -0.3 is 20.7 Å². The molecule has 2 rings (SSSR count). The molecule has 0 fully saturated rings. The molecule has 126 valence electrons. The SMILES string of the molecule is CCNC(=NCC(C)CO)NCCc1c(C)[nH]c2ccccc12. The summed E-state index contributed by atoms with van der Waals surface area (Å²) in [6.07, 6.45) is 0.940. The number of benzene rings is 1. The van der Waals surface area contributed by atoms with Crippen molar-refractivity contribution in [1.82, 2.24) is 15.6 Å². The summed E-state index contributed by atoms with van der Waals surface area (Å²) in [5.41, 5.74) is 3.77. The lowest BCUT2D eigenvalue weighted by Crippen LogP contribution is -2.38. The number of aliphatic hydroxyl groups excluding tert-OH is 1. The van der Waals surface area contributed by atoms with Crippen LogP contribution in [0.4, 0.5) is 0 Å². The van der Waals surface area contributed by atoms with Crippen LogP contribution in [-0.2, 0) is 6.42 Å². The van der Waals surface area contributed by atoms with Crippen molar-refractivity contribution in [1.29, 1.82) is 0 Å². The maximum atomic E-state index is 9.10. The number of aromatic amines is 1. The van der Waals surface area contributed by atoms with Crippen molar-refractivity contribution in [2.45, 2.75) is 27.2 Å². The Morgan fingerprint density at radius 2 is 2.09 bits per heavy atom. The quantitative estimate of drug-likeness (QED) is 0.467. The van der Waals surface area contributed by atoms with E-state index in [1.165, 1.54) is 22.2 Å². The zero-order chi connectivity index (χ0) is 16.7. The third-order valence-corrected chi connectivity index (χ3v) is 3.91. The number of nitrogens with one attached hydrogen (secondary N) is 3. The molecule has 0 aliphatic carbocycles. The minimum Gasteiger partial charge on any atom is -0.396 e. The van der Waals surface area contributed by atoms with Crippen LogP contribution in [0.3, 0.4) is 0 Å². The molecule has 0 saturated heterocycles. The molecule has 0 amide bonds. The van der Waals surface area contributed by atoms with Gasteiger partial charge in [-0.2, -0.15) is 0 Å². The fraction of sp³-hybridized carbons (Fsp3) is 0.500. The smallest absolute Gasteiger partial charge is 0.191 e. The predicted molar refractivity (Wildman–Crippen MR) is 97.0 cm³/mol. The summed E-state index contributed by atoms with van der Waals surface area (Å²) in [6.45, 7) is 8.60. The molecule has 0 aliphatic heterocycles. The van der Waals surface area contributed by atoms with Crippen molar-refractivity contribution in [3.05, 3.63) is 35.5 Å².